The Balaban J connectivity index is 1.81. The van der Waals surface area contributed by atoms with Crippen molar-refractivity contribution in [2.45, 2.75) is 19.8 Å². The van der Waals surface area contributed by atoms with Crippen molar-refractivity contribution in [1.82, 2.24) is 15.3 Å². The van der Waals surface area contributed by atoms with Gasteiger partial charge in [-0.25, -0.2) is 9.97 Å². The Morgan fingerprint density at radius 3 is 3.27 bits per heavy atom. The summed E-state index contributed by atoms with van der Waals surface area (Å²) < 4.78 is 5.56. The monoisotopic (exact) mass is 207 g/mol. The molecular formula is C11H17N3O. The van der Waals surface area contributed by atoms with Crippen LogP contribution in [0.4, 0.5) is 0 Å². The summed E-state index contributed by atoms with van der Waals surface area (Å²) in [6.07, 6.45) is 4.21. The molecule has 2 heterocycles. The van der Waals surface area contributed by atoms with Gasteiger partial charge in [-0.1, -0.05) is 0 Å². The summed E-state index contributed by atoms with van der Waals surface area (Å²) >= 11 is 0. The van der Waals surface area contributed by atoms with Crippen LogP contribution in [0.25, 0.3) is 0 Å². The first-order chi connectivity index (χ1) is 7.34. The second-order valence-electron chi connectivity index (χ2n) is 4.00. The molecule has 1 N–H and O–H groups in total. The van der Waals surface area contributed by atoms with Gasteiger partial charge in [-0.05, 0) is 32.4 Å². The van der Waals surface area contributed by atoms with Gasteiger partial charge in [-0.3, -0.25) is 0 Å². The molecule has 1 atom stereocenters. The van der Waals surface area contributed by atoms with Gasteiger partial charge in [0.15, 0.2) is 0 Å². The number of aryl methyl sites for hydroxylation is 1. The van der Waals surface area contributed by atoms with Crippen LogP contribution in [0.15, 0.2) is 12.3 Å². The molecule has 2 rings (SSSR count). The molecule has 0 aliphatic carbocycles. The molecular weight excluding hydrogens is 190 g/mol. The van der Waals surface area contributed by atoms with Gasteiger partial charge in [0.25, 0.3) is 0 Å². The third kappa shape index (κ3) is 3.16. The Bertz CT molecular complexity index is 310. The molecule has 82 valence electrons. The lowest BCUT2D eigenvalue weighted by molar-refractivity contribution is 0.205. The number of aromatic nitrogens is 2. The van der Waals surface area contributed by atoms with Gasteiger partial charge in [-0.2, -0.15) is 0 Å². The number of rotatable bonds is 3. The summed E-state index contributed by atoms with van der Waals surface area (Å²) in [5.74, 6) is 0.600. The normalized spacial score (nSPS) is 21.3. The Labute approximate surface area is 90.1 Å². The van der Waals surface area contributed by atoms with E-state index in [-0.39, 0.29) is 0 Å². The lowest BCUT2D eigenvalue weighted by Crippen LogP contribution is -2.33. The van der Waals surface area contributed by atoms with Crippen molar-refractivity contribution in [3.05, 3.63) is 18.0 Å². The Hall–Kier alpha value is -1.16. The first-order valence-corrected chi connectivity index (χ1v) is 5.48. The molecule has 1 saturated heterocycles. The molecule has 0 saturated carbocycles. The van der Waals surface area contributed by atoms with E-state index in [0.717, 1.165) is 25.4 Å². The summed E-state index contributed by atoms with van der Waals surface area (Å²) in [6.45, 7) is 4.84. The van der Waals surface area contributed by atoms with Crippen LogP contribution in [-0.4, -0.2) is 29.7 Å². The molecule has 0 spiro atoms. The van der Waals surface area contributed by atoms with Crippen molar-refractivity contribution in [3.63, 3.8) is 0 Å². The second-order valence-corrected chi connectivity index (χ2v) is 4.00. The zero-order valence-electron chi connectivity index (χ0n) is 9.07. The Morgan fingerprint density at radius 2 is 2.53 bits per heavy atom. The summed E-state index contributed by atoms with van der Waals surface area (Å²) in [4.78, 5) is 8.27. The number of nitrogens with zero attached hydrogens (tertiary/aromatic N) is 2. The van der Waals surface area contributed by atoms with Gasteiger partial charge in [0, 0.05) is 24.4 Å². The highest BCUT2D eigenvalue weighted by Gasteiger charge is 2.13. The van der Waals surface area contributed by atoms with Gasteiger partial charge in [-0.15, -0.1) is 0 Å². The minimum atomic E-state index is 0.501. The third-order valence-electron chi connectivity index (χ3n) is 2.62. The van der Waals surface area contributed by atoms with E-state index in [1.165, 1.54) is 12.8 Å². The smallest absolute Gasteiger partial charge is 0.316 e. The number of hydrogen-bond acceptors (Lipinski definition) is 4. The van der Waals surface area contributed by atoms with E-state index < -0.39 is 0 Å². The molecule has 1 fully saturated rings. The molecule has 0 unspecified atom stereocenters. The third-order valence-corrected chi connectivity index (χ3v) is 2.62. The van der Waals surface area contributed by atoms with Crippen LogP contribution < -0.4 is 10.1 Å². The highest BCUT2D eigenvalue weighted by Crippen LogP contribution is 2.11. The fourth-order valence-electron chi connectivity index (χ4n) is 1.75. The molecule has 4 nitrogen and oxygen atoms in total. The number of nitrogens with one attached hydrogen (secondary N) is 1. The Morgan fingerprint density at radius 1 is 1.60 bits per heavy atom. The van der Waals surface area contributed by atoms with E-state index in [1.807, 2.05) is 13.0 Å². The number of ether oxygens (including phenoxy) is 1. The maximum absolute atomic E-state index is 5.56. The van der Waals surface area contributed by atoms with Gasteiger partial charge >= 0.3 is 6.01 Å². The first-order valence-electron chi connectivity index (χ1n) is 5.48. The molecule has 0 bridgehead atoms. The Kier molecular flexibility index (Phi) is 3.50. The SMILES string of the molecule is Cc1ccnc(OC[C@@H]2CCCNC2)n1. The lowest BCUT2D eigenvalue weighted by Gasteiger charge is -2.22. The predicted octanol–water partition coefficient (Wildman–Crippen LogP) is 1.16. The van der Waals surface area contributed by atoms with Crippen molar-refractivity contribution in [3.8, 4) is 6.01 Å². The van der Waals surface area contributed by atoms with Crippen LogP contribution in [0.2, 0.25) is 0 Å². The topological polar surface area (TPSA) is 47.0 Å². The summed E-state index contributed by atoms with van der Waals surface area (Å²) in [6, 6.07) is 2.37. The van der Waals surface area contributed by atoms with E-state index in [2.05, 4.69) is 15.3 Å². The molecule has 0 radical (unpaired) electrons. The summed E-state index contributed by atoms with van der Waals surface area (Å²) in [5.41, 5.74) is 0.946. The van der Waals surface area contributed by atoms with Crippen LogP contribution in [0, 0.1) is 12.8 Å². The quantitative estimate of drug-likeness (QED) is 0.808. The molecule has 1 aromatic rings. The van der Waals surface area contributed by atoms with E-state index in [9.17, 15) is 0 Å². The molecule has 0 aromatic carbocycles. The molecule has 0 amide bonds. The summed E-state index contributed by atoms with van der Waals surface area (Å²) in [7, 11) is 0. The standard InChI is InChI=1S/C11H17N3O/c1-9-4-6-13-11(14-9)15-8-10-3-2-5-12-7-10/h4,6,10,12H,2-3,5,7-8H2,1H3/t10-/m1/s1. The van der Waals surface area contributed by atoms with Crippen LogP contribution in [0.3, 0.4) is 0 Å². The zero-order valence-corrected chi connectivity index (χ0v) is 9.07. The maximum atomic E-state index is 5.56. The average Bonchev–Trinajstić information content (AvgIpc) is 2.28. The van der Waals surface area contributed by atoms with Crippen molar-refractivity contribution in [2.24, 2.45) is 5.92 Å². The molecule has 15 heavy (non-hydrogen) atoms. The largest absolute Gasteiger partial charge is 0.463 e. The summed E-state index contributed by atoms with van der Waals surface area (Å²) in [5, 5.41) is 3.36. The minimum absolute atomic E-state index is 0.501. The highest BCUT2D eigenvalue weighted by atomic mass is 16.5. The predicted molar refractivity (Wildman–Crippen MR) is 57.9 cm³/mol. The van der Waals surface area contributed by atoms with Crippen LogP contribution in [0.5, 0.6) is 6.01 Å². The van der Waals surface area contributed by atoms with Crippen LogP contribution in [-0.2, 0) is 0 Å². The highest BCUT2D eigenvalue weighted by molar-refractivity contribution is 5.02. The zero-order chi connectivity index (χ0) is 10.5. The van der Waals surface area contributed by atoms with Crippen molar-refractivity contribution in [2.75, 3.05) is 19.7 Å². The molecule has 4 heteroatoms. The van der Waals surface area contributed by atoms with Crippen LogP contribution in [0.1, 0.15) is 18.5 Å². The van der Waals surface area contributed by atoms with Gasteiger partial charge in [0.2, 0.25) is 0 Å². The minimum Gasteiger partial charge on any atom is -0.463 e. The first kappa shape index (κ1) is 10.4. The second kappa shape index (κ2) is 5.07. The van der Waals surface area contributed by atoms with E-state index >= 15 is 0 Å². The molecule has 1 aliphatic heterocycles. The molecule has 1 aromatic heterocycles. The van der Waals surface area contributed by atoms with Crippen molar-refractivity contribution >= 4 is 0 Å². The van der Waals surface area contributed by atoms with Crippen LogP contribution >= 0.6 is 0 Å². The van der Waals surface area contributed by atoms with Crippen molar-refractivity contribution in [1.29, 1.82) is 0 Å². The van der Waals surface area contributed by atoms with Gasteiger partial charge < -0.3 is 10.1 Å². The fourth-order valence-corrected chi connectivity index (χ4v) is 1.75. The maximum Gasteiger partial charge on any atom is 0.316 e. The number of hydrogen-bond donors (Lipinski definition) is 1. The van der Waals surface area contributed by atoms with E-state index in [4.69, 9.17) is 4.74 Å². The number of piperidine rings is 1. The average molecular weight is 207 g/mol. The lowest BCUT2D eigenvalue weighted by atomic mass is 10.0. The van der Waals surface area contributed by atoms with E-state index in [1.54, 1.807) is 6.20 Å². The van der Waals surface area contributed by atoms with Gasteiger partial charge in [0.1, 0.15) is 0 Å². The van der Waals surface area contributed by atoms with Gasteiger partial charge in [0.05, 0.1) is 6.61 Å². The fraction of sp³-hybridized carbons (Fsp3) is 0.636. The van der Waals surface area contributed by atoms with Crippen molar-refractivity contribution < 1.29 is 4.74 Å². The van der Waals surface area contributed by atoms with E-state index in [0.29, 0.717) is 11.9 Å². The molecule has 1 aliphatic rings.